The molecule has 0 unspecified atom stereocenters. The average molecular weight is 355 g/mol. The zero-order chi connectivity index (χ0) is 17.8. The van der Waals surface area contributed by atoms with Crippen LogP contribution in [-0.4, -0.2) is 21.0 Å². The molecule has 0 radical (unpaired) electrons. The number of aromatic nitrogens is 2. The topological polar surface area (TPSA) is 87.1 Å². The van der Waals surface area contributed by atoms with E-state index in [9.17, 15) is 4.79 Å². The molecule has 0 fully saturated rings. The van der Waals surface area contributed by atoms with Crippen molar-refractivity contribution in [2.45, 2.75) is 6.92 Å². The number of carboxylic acids is 1. The quantitative estimate of drug-likeness (QED) is 0.619. The van der Waals surface area contributed by atoms with Gasteiger partial charge in [0.25, 0.3) is 0 Å². The normalized spacial score (nSPS) is 10.3. The Balaban J connectivity index is 1.77. The Hall–Kier alpha value is -3.12. The van der Waals surface area contributed by atoms with Crippen molar-refractivity contribution >= 4 is 40.6 Å². The first-order valence-electron chi connectivity index (χ1n) is 7.47. The number of anilines is 4. The second kappa shape index (κ2) is 7.19. The molecule has 0 spiro atoms. The predicted octanol–water partition coefficient (Wildman–Crippen LogP) is 4.62. The smallest absolute Gasteiger partial charge is 0.335 e. The molecule has 0 atom stereocenters. The highest BCUT2D eigenvalue weighted by molar-refractivity contribution is 6.30. The van der Waals surface area contributed by atoms with Crippen molar-refractivity contribution in [2.75, 3.05) is 10.6 Å². The molecule has 7 heteroatoms. The molecule has 0 saturated heterocycles. The standard InChI is InChI=1S/C18H15ClN4O2/c1-11-2-5-13(19)8-15(11)23-17-9-16(20-10-21-17)22-14-6-3-12(4-7-14)18(24)25/h2-10H,1H3,(H,24,25)(H2,20,21,22,23). The van der Waals surface area contributed by atoms with Crippen molar-refractivity contribution in [2.24, 2.45) is 0 Å². The molecule has 6 nitrogen and oxygen atoms in total. The Bertz CT molecular complexity index is 913. The lowest BCUT2D eigenvalue weighted by Crippen LogP contribution is -2.00. The third-order valence-corrected chi connectivity index (χ3v) is 3.77. The van der Waals surface area contributed by atoms with Crippen LogP contribution in [0.15, 0.2) is 54.9 Å². The monoisotopic (exact) mass is 354 g/mol. The van der Waals surface area contributed by atoms with Gasteiger partial charge in [-0.15, -0.1) is 0 Å². The van der Waals surface area contributed by atoms with Gasteiger partial charge in [0.1, 0.15) is 18.0 Å². The van der Waals surface area contributed by atoms with E-state index in [4.69, 9.17) is 16.7 Å². The fourth-order valence-electron chi connectivity index (χ4n) is 2.20. The Morgan fingerprint density at radius 1 is 1.00 bits per heavy atom. The Morgan fingerprint density at radius 2 is 1.68 bits per heavy atom. The first kappa shape index (κ1) is 16.7. The number of nitrogens with one attached hydrogen (secondary N) is 2. The molecule has 0 saturated carbocycles. The Kier molecular flexibility index (Phi) is 4.81. The number of rotatable bonds is 5. The van der Waals surface area contributed by atoms with Gasteiger partial charge in [-0.3, -0.25) is 0 Å². The third kappa shape index (κ3) is 4.24. The van der Waals surface area contributed by atoms with Crippen molar-refractivity contribution in [3.8, 4) is 0 Å². The number of nitrogens with zero attached hydrogens (tertiary/aromatic N) is 2. The maximum absolute atomic E-state index is 10.9. The summed E-state index contributed by atoms with van der Waals surface area (Å²) in [5, 5.41) is 15.9. The van der Waals surface area contributed by atoms with Crippen LogP contribution in [0.25, 0.3) is 0 Å². The first-order chi connectivity index (χ1) is 12.0. The van der Waals surface area contributed by atoms with Gasteiger partial charge in [0, 0.05) is 22.5 Å². The van der Waals surface area contributed by atoms with E-state index in [1.165, 1.54) is 18.5 Å². The number of carbonyl (C=O) groups is 1. The number of aryl methyl sites for hydroxylation is 1. The summed E-state index contributed by atoms with van der Waals surface area (Å²) in [5.74, 6) is 0.238. The second-order valence-electron chi connectivity index (χ2n) is 5.38. The van der Waals surface area contributed by atoms with E-state index < -0.39 is 5.97 Å². The van der Waals surface area contributed by atoms with Gasteiger partial charge >= 0.3 is 5.97 Å². The van der Waals surface area contributed by atoms with E-state index in [1.54, 1.807) is 18.2 Å². The summed E-state index contributed by atoms with van der Waals surface area (Å²) in [6.07, 6.45) is 1.44. The van der Waals surface area contributed by atoms with Gasteiger partial charge in [0.15, 0.2) is 0 Å². The highest BCUT2D eigenvalue weighted by Crippen LogP contribution is 2.24. The highest BCUT2D eigenvalue weighted by atomic mass is 35.5. The van der Waals surface area contributed by atoms with Gasteiger partial charge in [-0.2, -0.15) is 0 Å². The van der Waals surface area contributed by atoms with Gasteiger partial charge < -0.3 is 15.7 Å². The molecule has 3 N–H and O–H groups in total. The first-order valence-corrected chi connectivity index (χ1v) is 7.85. The van der Waals surface area contributed by atoms with Crippen LogP contribution >= 0.6 is 11.6 Å². The Morgan fingerprint density at radius 3 is 2.36 bits per heavy atom. The molecule has 1 aromatic heterocycles. The summed E-state index contributed by atoms with van der Waals surface area (Å²) in [7, 11) is 0. The van der Waals surface area contributed by atoms with Gasteiger partial charge in [-0.25, -0.2) is 14.8 Å². The zero-order valence-corrected chi connectivity index (χ0v) is 14.1. The summed E-state index contributed by atoms with van der Waals surface area (Å²) in [6, 6.07) is 13.8. The van der Waals surface area contributed by atoms with Crippen molar-refractivity contribution in [1.82, 2.24) is 9.97 Å². The van der Waals surface area contributed by atoms with Crippen molar-refractivity contribution in [1.29, 1.82) is 0 Å². The van der Waals surface area contributed by atoms with Crippen LogP contribution in [0.2, 0.25) is 5.02 Å². The van der Waals surface area contributed by atoms with E-state index in [0.717, 1.165) is 16.9 Å². The van der Waals surface area contributed by atoms with Crippen LogP contribution in [0.1, 0.15) is 15.9 Å². The lowest BCUT2D eigenvalue weighted by Gasteiger charge is -2.11. The minimum absolute atomic E-state index is 0.229. The van der Waals surface area contributed by atoms with E-state index in [2.05, 4.69) is 20.6 Å². The minimum atomic E-state index is -0.961. The molecule has 0 aliphatic rings. The molecule has 0 aliphatic carbocycles. The van der Waals surface area contributed by atoms with Crippen LogP contribution in [0.5, 0.6) is 0 Å². The molecule has 2 aromatic carbocycles. The number of hydrogen-bond acceptors (Lipinski definition) is 5. The summed E-state index contributed by atoms with van der Waals surface area (Å²) >= 11 is 6.03. The van der Waals surface area contributed by atoms with E-state index in [-0.39, 0.29) is 5.56 Å². The zero-order valence-electron chi connectivity index (χ0n) is 13.3. The summed E-state index contributed by atoms with van der Waals surface area (Å²) in [4.78, 5) is 19.3. The number of halogens is 1. The molecule has 0 aliphatic heterocycles. The number of carboxylic acid groups (broad SMARTS) is 1. The average Bonchev–Trinajstić information content (AvgIpc) is 2.59. The van der Waals surface area contributed by atoms with Crippen LogP contribution in [0, 0.1) is 6.92 Å². The van der Waals surface area contributed by atoms with E-state index in [0.29, 0.717) is 16.7 Å². The summed E-state index contributed by atoms with van der Waals surface area (Å²) < 4.78 is 0. The minimum Gasteiger partial charge on any atom is -0.478 e. The summed E-state index contributed by atoms with van der Waals surface area (Å²) in [5.41, 5.74) is 2.87. The van der Waals surface area contributed by atoms with Gasteiger partial charge in [-0.05, 0) is 48.9 Å². The van der Waals surface area contributed by atoms with Gasteiger partial charge in [0.2, 0.25) is 0 Å². The van der Waals surface area contributed by atoms with E-state index in [1.807, 2.05) is 25.1 Å². The molecular formula is C18H15ClN4O2. The number of benzene rings is 2. The maximum Gasteiger partial charge on any atom is 0.335 e. The Labute approximate surface area is 149 Å². The predicted molar refractivity (Wildman–Crippen MR) is 98.2 cm³/mol. The molecule has 3 rings (SSSR count). The molecule has 1 heterocycles. The fourth-order valence-corrected chi connectivity index (χ4v) is 2.38. The fraction of sp³-hybridized carbons (Fsp3) is 0.0556. The molecule has 0 bridgehead atoms. The van der Waals surface area contributed by atoms with Gasteiger partial charge in [-0.1, -0.05) is 17.7 Å². The van der Waals surface area contributed by atoms with Crippen LogP contribution in [0.3, 0.4) is 0 Å². The number of hydrogen-bond donors (Lipinski definition) is 3. The molecule has 0 amide bonds. The largest absolute Gasteiger partial charge is 0.478 e. The van der Waals surface area contributed by atoms with Crippen LogP contribution in [-0.2, 0) is 0 Å². The van der Waals surface area contributed by atoms with Crippen molar-refractivity contribution < 1.29 is 9.90 Å². The molecular weight excluding hydrogens is 340 g/mol. The van der Waals surface area contributed by atoms with Crippen molar-refractivity contribution in [3.05, 3.63) is 71.0 Å². The SMILES string of the molecule is Cc1ccc(Cl)cc1Nc1cc(Nc2ccc(C(=O)O)cc2)ncn1. The summed E-state index contributed by atoms with van der Waals surface area (Å²) in [6.45, 7) is 1.98. The molecule has 3 aromatic rings. The maximum atomic E-state index is 10.9. The highest BCUT2D eigenvalue weighted by Gasteiger charge is 2.05. The number of aromatic carboxylic acids is 1. The second-order valence-corrected chi connectivity index (χ2v) is 5.82. The molecule has 126 valence electrons. The van der Waals surface area contributed by atoms with Crippen LogP contribution < -0.4 is 10.6 Å². The molecule has 25 heavy (non-hydrogen) atoms. The lowest BCUT2D eigenvalue weighted by molar-refractivity contribution is 0.0697. The van der Waals surface area contributed by atoms with E-state index >= 15 is 0 Å². The lowest BCUT2D eigenvalue weighted by atomic mass is 10.2. The third-order valence-electron chi connectivity index (χ3n) is 3.53. The van der Waals surface area contributed by atoms with Gasteiger partial charge in [0.05, 0.1) is 5.56 Å². The van der Waals surface area contributed by atoms with Crippen molar-refractivity contribution in [3.63, 3.8) is 0 Å². The van der Waals surface area contributed by atoms with Crippen LogP contribution in [0.4, 0.5) is 23.0 Å².